The molecule has 0 amide bonds. The van der Waals surface area contributed by atoms with Crippen molar-refractivity contribution in [2.45, 2.75) is 39.5 Å². The minimum atomic E-state index is 0.110. The van der Waals surface area contributed by atoms with Gasteiger partial charge in [-0.1, -0.05) is 13.8 Å². The van der Waals surface area contributed by atoms with Crippen molar-refractivity contribution in [2.24, 2.45) is 5.92 Å². The van der Waals surface area contributed by atoms with E-state index in [1.807, 2.05) is 11.9 Å². The van der Waals surface area contributed by atoms with E-state index in [0.29, 0.717) is 12.5 Å². The zero-order chi connectivity index (χ0) is 17.6. The SMILES string of the molecule is CC(C)Cc1nc2sc3c(N(C)CCO)ncnc3c2c2c1CCC2. The summed E-state index contributed by atoms with van der Waals surface area (Å²) in [5.74, 6) is 1.49. The van der Waals surface area contributed by atoms with Crippen molar-refractivity contribution in [1.82, 2.24) is 15.0 Å². The van der Waals surface area contributed by atoms with Crippen LogP contribution < -0.4 is 4.90 Å². The molecule has 132 valence electrons. The van der Waals surface area contributed by atoms with Gasteiger partial charge in [-0.2, -0.15) is 0 Å². The number of nitrogens with zero attached hydrogens (tertiary/aromatic N) is 4. The van der Waals surface area contributed by atoms with Crippen molar-refractivity contribution in [3.63, 3.8) is 0 Å². The Kier molecular flexibility index (Phi) is 4.33. The maximum atomic E-state index is 9.26. The smallest absolute Gasteiger partial charge is 0.149 e. The molecule has 0 aromatic carbocycles. The van der Waals surface area contributed by atoms with E-state index in [2.05, 4.69) is 23.8 Å². The first kappa shape index (κ1) is 16.7. The molecule has 0 spiro atoms. The van der Waals surface area contributed by atoms with Crippen LogP contribution in [0.25, 0.3) is 20.4 Å². The predicted octanol–water partition coefficient (Wildman–Crippen LogP) is 3.36. The summed E-state index contributed by atoms with van der Waals surface area (Å²) in [6.07, 6.45) is 6.15. The van der Waals surface area contributed by atoms with Crippen molar-refractivity contribution in [3.8, 4) is 0 Å². The van der Waals surface area contributed by atoms with Crippen molar-refractivity contribution >= 4 is 37.6 Å². The predicted molar refractivity (Wildman–Crippen MR) is 104 cm³/mol. The van der Waals surface area contributed by atoms with Gasteiger partial charge in [0.25, 0.3) is 0 Å². The highest BCUT2D eigenvalue weighted by Crippen LogP contribution is 2.42. The second-order valence-corrected chi connectivity index (χ2v) is 8.27. The number of rotatable bonds is 5. The molecular formula is C19H24N4OS. The summed E-state index contributed by atoms with van der Waals surface area (Å²) in [5.41, 5.74) is 5.22. The number of hydrogen-bond acceptors (Lipinski definition) is 6. The quantitative estimate of drug-likeness (QED) is 0.759. The zero-order valence-corrected chi connectivity index (χ0v) is 15.9. The molecular weight excluding hydrogens is 332 g/mol. The van der Waals surface area contributed by atoms with E-state index >= 15 is 0 Å². The van der Waals surface area contributed by atoms with Crippen LogP contribution in [0.5, 0.6) is 0 Å². The standard InChI is InChI=1S/C19H24N4OS/c1-11(2)9-14-12-5-4-6-13(12)15-16-17(25-19(15)22-14)18(21-10-20-16)23(3)7-8-24/h10-11,24H,4-9H2,1-3H3. The van der Waals surface area contributed by atoms with Crippen LogP contribution in [0.15, 0.2) is 6.33 Å². The Morgan fingerprint density at radius 3 is 2.80 bits per heavy atom. The van der Waals surface area contributed by atoms with Crippen molar-refractivity contribution in [2.75, 3.05) is 25.1 Å². The number of aryl methyl sites for hydroxylation is 1. The van der Waals surface area contributed by atoms with Crippen molar-refractivity contribution in [3.05, 3.63) is 23.1 Å². The van der Waals surface area contributed by atoms with E-state index in [1.54, 1.807) is 17.7 Å². The Bertz CT molecular complexity index is 934. The first-order valence-corrected chi connectivity index (χ1v) is 9.81. The molecule has 6 heteroatoms. The molecule has 3 aromatic rings. The molecule has 0 aliphatic heterocycles. The number of fused-ring (bicyclic) bond motifs is 5. The molecule has 3 aromatic heterocycles. The van der Waals surface area contributed by atoms with E-state index < -0.39 is 0 Å². The molecule has 4 rings (SSSR count). The fraction of sp³-hybridized carbons (Fsp3) is 0.526. The number of thiophene rings is 1. The van der Waals surface area contributed by atoms with E-state index in [9.17, 15) is 5.11 Å². The highest BCUT2D eigenvalue weighted by Gasteiger charge is 2.25. The molecule has 0 fully saturated rings. The summed E-state index contributed by atoms with van der Waals surface area (Å²) < 4.78 is 1.08. The van der Waals surface area contributed by atoms with Crippen LogP contribution in [0.3, 0.4) is 0 Å². The lowest BCUT2D eigenvalue weighted by atomic mass is 9.99. The molecule has 1 N–H and O–H groups in total. The summed E-state index contributed by atoms with van der Waals surface area (Å²) in [6.45, 7) is 5.18. The summed E-state index contributed by atoms with van der Waals surface area (Å²) in [7, 11) is 1.96. The molecule has 0 unspecified atom stereocenters. The lowest BCUT2D eigenvalue weighted by Crippen LogP contribution is -2.22. The topological polar surface area (TPSA) is 62.1 Å². The van der Waals surface area contributed by atoms with Crippen LogP contribution in [-0.4, -0.2) is 40.3 Å². The number of anilines is 1. The Morgan fingerprint density at radius 2 is 2.04 bits per heavy atom. The first-order valence-electron chi connectivity index (χ1n) is 9.00. The average molecular weight is 356 g/mol. The molecule has 25 heavy (non-hydrogen) atoms. The Hall–Kier alpha value is -1.79. The van der Waals surface area contributed by atoms with Gasteiger partial charge >= 0.3 is 0 Å². The van der Waals surface area contributed by atoms with Gasteiger partial charge in [-0.15, -0.1) is 11.3 Å². The number of pyridine rings is 1. The lowest BCUT2D eigenvalue weighted by molar-refractivity contribution is 0.304. The third-order valence-corrected chi connectivity index (χ3v) is 6.01. The van der Waals surface area contributed by atoms with Crippen molar-refractivity contribution < 1.29 is 5.11 Å². The zero-order valence-electron chi connectivity index (χ0n) is 15.0. The van der Waals surface area contributed by atoms with Gasteiger partial charge in [-0.25, -0.2) is 15.0 Å². The van der Waals surface area contributed by atoms with E-state index in [0.717, 1.165) is 40.1 Å². The van der Waals surface area contributed by atoms with Gasteiger partial charge in [0, 0.05) is 24.7 Å². The monoisotopic (exact) mass is 356 g/mol. The van der Waals surface area contributed by atoms with Gasteiger partial charge in [0.05, 0.1) is 16.8 Å². The number of likely N-dealkylation sites (N-methyl/N-ethyl adjacent to an activating group) is 1. The minimum absolute atomic E-state index is 0.110. The van der Waals surface area contributed by atoms with E-state index in [-0.39, 0.29) is 6.61 Å². The maximum Gasteiger partial charge on any atom is 0.149 e. The summed E-state index contributed by atoms with van der Waals surface area (Å²) >= 11 is 1.69. The van der Waals surface area contributed by atoms with Gasteiger partial charge < -0.3 is 10.0 Å². The number of hydrogen-bond donors (Lipinski definition) is 1. The maximum absolute atomic E-state index is 9.26. The molecule has 1 aliphatic carbocycles. The van der Waals surface area contributed by atoms with Gasteiger partial charge in [0.15, 0.2) is 0 Å². The first-order chi connectivity index (χ1) is 12.1. The van der Waals surface area contributed by atoms with Crippen LogP contribution in [0.2, 0.25) is 0 Å². The van der Waals surface area contributed by atoms with Crippen LogP contribution in [0, 0.1) is 5.92 Å². The van der Waals surface area contributed by atoms with Crippen LogP contribution in [0.4, 0.5) is 5.82 Å². The van der Waals surface area contributed by atoms with Gasteiger partial charge in [0.1, 0.15) is 17.0 Å². The highest BCUT2D eigenvalue weighted by atomic mass is 32.1. The lowest BCUT2D eigenvalue weighted by Gasteiger charge is -2.16. The number of aliphatic hydroxyl groups is 1. The van der Waals surface area contributed by atoms with E-state index in [1.165, 1.54) is 28.6 Å². The third-order valence-electron chi connectivity index (χ3n) is 4.94. The molecule has 1 aliphatic rings. The molecule has 0 radical (unpaired) electrons. The Morgan fingerprint density at radius 1 is 1.24 bits per heavy atom. The summed E-state index contributed by atoms with van der Waals surface area (Å²) in [5, 5.41) is 10.5. The van der Waals surface area contributed by atoms with Crippen LogP contribution in [-0.2, 0) is 19.3 Å². The van der Waals surface area contributed by atoms with E-state index in [4.69, 9.17) is 4.98 Å². The second kappa shape index (κ2) is 6.50. The number of aliphatic hydroxyl groups excluding tert-OH is 1. The summed E-state index contributed by atoms with van der Waals surface area (Å²) in [4.78, 5) is 17.2. The van der Waals surface area contributed by atoms with Crippen LogP contribution in [0.1, 0.15) is 37.1 Å². The van der Waals surface area contributed by atoms with Crippen LogP contribution >= 0.6 is 11.3 Å². The second-order valence-electron chi connectivity index (χ2n) is 7.27. The Labute approximate surface area is 151 Å². The van der Waals surface area contributed by atoms with Gasteiger partial charge in [-0.3, -0.25) is 0 Å². The Balaban J connectivity index is 1.98. The third kappa shape index (κ3) is 2.77. The number of aromatic nitrogens is 3. The molecule has 0 atom stereocenters. The molecule has 5 nitrogen and oxygen atoms in total. The normalized spacial score (nSPS) is 14.0. The largest absolute Gasteiger partial charge is 0.395 e. The molecule has 3 heterocycles. The molecule has 0 saturated heterocycles. The van der Waals surface area contributed by atoms with Gasteiger partial charge in [-0.05, 0) is 42.7 Å². The van der Waals surface area contributed by atoms with Gasteiger partial charge in [0.2, 0.25) is 0 Å². The van der Waals surface area contributed by atoms with Crippen molar-refractivity contribution in [1.29, 1.82) is 0 Å². The fourth-order valence-electron chi connectivity index (χ4n) is 3.85. The highest BCUT2D eigenvalue weighted by molar-refractivity contribution is 7.26. The fourth-order valence-corrected chi connectivity index (χ4v) is 5.07. The molecule has 0 saturated carbocycles. The minimum Gasteiger partial charge on any atom is -0.395 e. The summed E-state index contributed by atoms with van der Waals surface area (Å²) in [6, 6.07) is 0. The molecule has 0 bridgehead atoms. The average Bonchev–Trinajstić information content (AvgIpc) is 3.17.